The smallest absolute Gasteiger partial charge is 0.313 e. The summed E-state index contributed by atoms with van der Waals surface area (Å²) in [5, 5.41) is 9.88. The number of amides is 1. The van der Waals surface area contributed by atoms with Crippen LogP contribution < -0.4 is 0 Å². The Bertz CT molecular complexity index is 580. The monoisotopic (exact) mass is 375 g/mol. The molecule has 0 aromatic heterocycles. The predicted octanol–water partition coefficient (Wildman–Crippen LogP) is 2.67. The van der Waals surface area contributed by atoms with Crippen LogP contribution in [0.25, 0.3) is 0 Å². The van der Waals surface area contributed by atoms with Gasteiger partial charge in [0.2, 0.25) is 0 Å². The average Bonchev–Trinajstić information content (AvgIpc) is 2.87. The van der Waals surface area contributed by atoms with Gasteiger partial charge in [0.25, 0.3) is 5.91 Å². The van der Waals surface area contributed by atoms with Gasteiger partial charge in [-0.15, -0.1) is 0 Å². The number of carboxylic acids is 1. The van der Waals surface area contributed by atoms with Crippen molar-refractivity contribution in [1.82, 2.24) is 4.90 Å². The number of nitrogens with zero attached hydrogens (tertiary/aromatic N) is 1. The number of benzene rings is 1. The van der Waals surface area contributed by atoms with Crippen LogP contribution in [0.5, 0.6) is 0 Å². The van der Waals surface area contributed by atoms with Gasteiger partial charge in [-0.1, -0.05) is 11.6 Å². The Morgan fingerprint density at radius 2 is 2.24 bits per heavy atom. The molecule has 1 atom stereocenters. The van der Waals surface area contributed by atoms with Gasteiger partial charge in [0.05, 0.1) is 12.2 Å². The first-order chi connectivity index (χ1) is 9.89. The van der Waals surface area contributed by atoms with E-state index >= 15 is 0 Å². The number of carbonyl (C=O) groups excluding carboxylic acids is 1. The molecule has 1 unspecified atom stereocenters. The van der Waals surface area contributed by atoms with Gasteiger partial charge in [-0.3, -0.25) is 9.59 Å². The van der Waals surface area contributed by atoms with E-state index in [1.165, 1.54) is 12.0 Å². The quantitative estimate of drug-likeness (QED) is 0.877. The molecular weight excluding hydrogens is 362 g/mol. The maximum absolute atomic E-state index is 12.5. The van der Waals surface area contributed by atoms with Gasteiger partial charge in [0.1, 0.15) is 5.41 Å². The van der Waals surface area contributed by atoms with Crippen LogP contribution in [0, 0.1) is 5.41 Å². The zero-order chi connectivity index (χ0) is 15.6. The summed E-state index contributed by atoms with van der Waals surface area (Å²) >= 11 is 9.24. The van der Waals surface area contributed by atoms with E-state index in [0.29, 0.717) is 28.0 Å². The third kappa shape index (κ3) is 3.22. The fraction of sp³-hybridized carbons (Fsp3) is 0.429. The second kappa shape index (κ2) is 6.34. The lowest BCUT2D eigenvalue weighted by molar-refractivity contribution is -0.151. The molecule has 0 spiro atoms. The summed E-state index contributed by atoms with van der Waals surface area (Å²) in [6, 6.07) is 4.95. The molecule has 0 aliphatic carbocycles. The lowest BCUT2D eigenvalue weighted by Crippen LogP contribution is -2.40. The number of halogens is 2. The lowest BCUT2D eigenvalue weighted by atomic mass is 9.88. The molecule has 114 valence electrons. The molecule has 1 amide bonds. The molecule has 0 radical (unpaired) electrons. The van der Waals surface area contributed by atoms with E-state index in [1.807, 2.05) is 0 Å². The molecule has 21 heavy (non-hydrogen) atoms. The maximum atomic E-state index is 12.5. The van der Waals surface area contributed by atoms with E-state index in [9.17, 15) is 14.7 Å². The highest BCUT2D eigenvalue weighted by molar-refractivity contribution is 9.10. The van der Waals surface area contributed by atoms with E-state index in [2.05, 4.69) is 15.9 Å². The minimum Gasteiger partial charge on any atom is -0.481 e. The Morgan fingerprint density at radius 1 is 1.52 bits per heavy atom. The molecule has 2 rings (SSSR count). The summed E-state index contributed by atoms with van der Waals surface area (Å²) < 4.78 is 5.65. The molecule has 0 bridgehead atoms. The van der Waals surface area contributed by atoms with E-state index in [0.717, 1.165) is 0 Å². The first-order valence-electron chi connectivity index (χ1n) is 6.36. The van der Waals surface area contributed by atoms with Gasteiger partial charge < -0.3 is 14.7 Å². The third-order valence-corrected chi connectivity index (χ3v) is 4.60. The van der Waals surface area contributed by atoms with Crippen LogP contribution in [0.3, 0.4) is 0 Å². The van der Waals surface area contributed by atoms with Crippen molar-refractivity contribution in [3.63, 3.8) is 0 Å². The molecule has 7 heteroatoms. The summed E-state index contributed by atoms with van der Waals surface area (Å²) in [4.78, 5) is 25.6. The molecule has 1 aliphatic heterocycles. The zero-order valence-corrected chi connectivity index (χ0v) is 13.8. The largest absolute Gasteiger partial charge is 0.481 e. The molecule has 1 aromatic carbocycles. The summed E-state index contributed by atoms with van der Waals surface area (Å²) in [6.07, 6.45) is 0.375. The van der Waals surface area contributed by atoms with Crippen molar-refractivity contribution >= 4 is 39.4 Å². The maximum Gasteiger partial charge on any atom is 0.313 e. The highest BCUT2D eigenvalue weighted by Crippen LogP contribution is 2.33. The van der Waals surface area contributed by atoms with Crippen LogP contribution in [0.4, 0.5) is 0 Å². The van der Waals surface area contributed by atoms with E-state index in [4.69, 9.17) is 16.3 Å². The number of carboxylic acid groups (broad SMARTS) is 1. The van der Waals surface area contributed by atoms with Crippen molar-refractivity contribution in [3.05, 3.63) is 33.3 Å². The van der Waals surface area contributed by atoms with Crippen molar-refractivity contribution in [3.8, 4) is 0 Å². The predicted molar refractivity (Wildman–Crippen MR) is 81.6 cm³/mol. The van der Waals surface area contributed by atoms with E-state index in [1.54, 1.807) is 18.2 Å². The average molecular weight is 377 g/mol. The number of rotatable bonds is 4. The number of aliphatic carboxylic acids is 1. The highest BCUT2D eigenvalue weighted by Gasteiger charge is 2.46. The minimum absolute atomic E-state index is 0.0861. The van der Waals surface area contributed by atoms with Crippen molar-refractivity contribution in [1.29, 1.82) is 0 Å². The van der Waals surface area contributed by atoms with Crippen molar-refractivity contribution in [2.45, 2.75) is 6.42 Å². The Morgan fingerprint density at radius 3 is 2.86 bits per heavy atom. The van der Waals surface area contributed by atoms with Gasteiger partial charge in [-0.25, -0.2) is 0 Å². The topological polar surface area (TPSA) is 66.8 Å². The minimum atomic E-state index is -1.03. The summed E-state index contributed by atoms with van der Waals surface area (Å²) in [7, 11) is 1.46. The lowest BCUT2D eigenvalue weighted by Gasteiger charge is -2.24. The zero-order valence-electron chi connectivity index (χ0n) is 11.4. The van der Waals surface area contributed by atoms with Crippen LogP contribution in [-0.4, -0.2) is 48.7 Å². The van der Waals surface area contributed by atoms with Crippen LogP contribution in [-0.2, 0) is 9.53 Å². The SMILES string of the molecule is COCC1(C(=O)O)CCN(C(=O)c2cc(Cl)ccc2Br)C1. The molecule has 1 saturated heterocycles. The first-order valence-corrected chi connectivity index (χ1v) is 7.53. The normalized spacial score (nSPS) is 21.6. The number of hydrogen-bond donors (Lipinski definition) is 1. The number of carbonyl (C=O) groups is 2. The number of methoxy groups -OCH3 is 1. The first kappa shape index (κ1) is 16.3. The van der Waals surface area contributed by atoms with Crippen molar-refractivity contribution < 1.29 is 19.4 Å². The molecule has 1 aliphatic rings. The summed E-state index contributed by atoms with van der Waals surface area (Å²) in [5.74, 6) is -1.17. The Hall–Kier alpha value is -1.11. The van der Waals surface area contributed by atoms with Crippen LogP contribution in [0.2, 0.25) is 5.02 Å². The number of hydrogen-bond acceptors (Lipinski definition) is 3. The Labute approximate surface area is 136 Å². The van der Waals surface area contributed by atoms with Crippen LogP contribution in [0.1, 0.15) is 16.8 Å². The van der Waals surface area contributed by atoms with E-state index < -0.39 is 11.4 Å². The molecule has 1 N–H and O–H groups in total. The van der Waals surface area contributed by atoms with Gasteiger partial charge in [-0.05, 0) is 40.5 Å². The Balaban J connectivity index is 2.22. The Kier molecular flexibility index (Phi) is 4.91. The highest BCUT2D eigenvalue weighted by atomic mass is 79.9. The fourth-order valence-electron chi connectivity index (χ4n) is 2.51. The second-order valence-corrected chi connectivity index (χ2v) is 6.41. The fourth-order valence-corrected chi connectivity index (χ4v) is 3.10. The van der Waals surface area contributed by atoms with Gasteiger partial charge in [0.15, 0.2) is 0 Å². The third-order valence-electron chi connectivity index (χ3n) is 3.67. The van der Waals surface area contributed by atoms with Crippen molar-refractivity contribution in [2.24, 2.45) is 5.41 Å². The molecule has 1 heterocycles. The van der Waals surface area contributed by atoms with Crippen LogP contribution in [0.15, 0.2) is 22.7 Å². The summed E-state index contributed by atoms with van der Waals surface area (Å²) in [6.45, 7) is 0.601. The second-order valence-electron chi connectivity index (χ2n) is 5.12. The molecule has 1 aromatic rings. The molecular formula is C14H15BrClNO4. The molecule has 0 saturated carbocycles. The molecule has 5 nitrogen and oxygen atoms in total. The van der Waals surface area contributed by atoms with Crippen LogP contribution >= 0.6 is 27.5 Å². The number of likely N-dealkylation sites (tertiary alicyclic amines) is 1. The number of ether oxygens (including phenoxy) is 1. The summed E-state index contributed by atoms with van der Waals surface area (Å²) in [5.41, 5.74) is -0.601. The van der Waals surface area contributed by atoms with Gasteiger partial charge >= 0.3 is 5.97 Å². The van der Waals surface area contributed by atoms with Crippen molar-refractivity contribution in [2.75, 3.05) is 26.8 Å². The standard InChI is InChI=1S/C14H15BrClNO4/c1-21-8-14(13(19)20)4-5-17(7-14)12(18)10-6-9(16)2-3-11(10)15/h2-3,6H,4-5,7-8H2,1H3,(H,19,20). The molecule has 1 fully saturated rings. The van der Waals surface area contributed by atoms with Gasteiger partial charge in [-0.2, -0.15) is 0 Å². The van der Waals surface area contributed by atoms with E-state index in [-0.39, 0.29) is 19.1 Å². The van der Waals surface area contributed by atoms with Gasteiger partial charge in [0, 0.05) is 29.7 Å².